The van der Waals surface area contributed by atoms with Crippen LogP contribution in [0.5, 0.6) is 0 Å². The Kier molecular flexibility index (Phi) is 4.00. The van der Waals surface area contributed by atoms with Gasteiger partial charge in [0.25, 0.3) is 0 Å². The molecule has 0 amide bonds. The van der Waals surface area contributed by atoms with Gasteiger partial charge in [-0.1, -0.05) is 18.9 Å². The lowest BCUT2D eigenvalue weighted by atomic mass is 9.96. The highest BCUT2D eigenvalue weighted by Gasteiger charge is 2.27. The zero-order valence-electron chi connectivity index (χ0n) is 10.4. The summed E-state index contributed by atoms with van der Waals surface area (Å²) in [5.41, 5.74) is 6.82. The van der Waals surface area contributed by atoms with E-state index in [2.05, 4.69) is 4.90 Å². The minimum absolute atomic E-state index is 0.184. The monoisotopic (exact) mass is 236 g/mol. The van der Waals surface area contributed by atoms with Crippen LogP contribution < -0.4 is 10.6 Å². The van der Waals surface area contributed by atoms with E-state index >= 15 is 0 Å². The van der Waals surface area contributed by atoms with Gasteiger partial charge in [-0.25, -0.2) is 4.39 Å². The summed E-state index contributed by atoms with van der Waals surface area (Å²) in [6.07, 6.45) is 5.11. The number of nitrogens with two attached hydrogens (primary N) is 1. The number of hydrogen-bond acceptors (Lipinski definition) is 2. The molecule has 0 aliphatic heterocycles. The van der Waals surface area contributed by atoms with Gasteiger partial charge in [-0.05, 0) is 37.0 Å². The Labute approximate surface area is 103 Å². The summed E-state index contributed by atoms with van der Waals surface area (Å²) in [6.45, 7) is 0.637. The second-order valence-electron chi connectivity index (χ2n) is 4.94. The fraction of sp³-hybridized carbons (Fsp3) is 0.571. The maximum Gasteiger partial charge on any atom is 0.125 e. The average molecular weight is 236 g/mol. The molecule has 0 bridgehead atoms. The van der Waals surface area contributed by atoms with Crippen molar-refractivity contribution in [3.63, 3.8) is 0 Å². The molecule has 1 aliphatic rings. The molecule has 94 valence electrons. The van der Waals surface area contributed by atoms with Crippen LogP contribution in [0.4, 0.5) is 10.1 Å². The van der Waals surface area contributed by atoms with Crippen molar-refractivity contribution in [2.45, 2.75) is 31.7 Å². The highest BCUT2D eigenvalue weighted by Crippen LogP contribution is 2.31. The molecule has 1 saturated carbocycles. The SMILES string of the molecule is CN(c1cccc(F)c1)C(CN)C1CCCC1. The molecule has 0 heterocycles. The summed E-state index contributed by atoms with van der Waals surface area (Å²) in [5.74, 6) is 0.477. The molecule has 1 aliphatic carbocycles. The first-order valence-corrected chi connectivity index (χ1v) is 6.41. The number of benzene rings is 1. The molecule has 2 N–H and O–H groups in total. The van der Waals surface area contributed by atoms with Crippen LogP contribution in [-0.2, 0) is 0 Å². The van der Waals surface area contributed by atoms with Crippen molar-refractivity contribution in [1.29, 1.82) is 0 Å². The topological polar surface area (TPSA) is 29.3 Å². The lowest BCUT2D eigenvalue weighted by Crippen LogP contribution is -2.42. The van der Waals surface area contributed by atoms with Crippen molar-refractivity contribution in [3.05, 3.63) is 30.1 Å². The third-order valence-electron chi connectivity index (χ3n) is 3.90. The Hall–Kier alpha value is -1.09. The van der Waals surface area contributed by atoms with Crippen LogP contribution in [0.25, 0.3) is 0 Å². The molecule has 1 aromatic rings. The number of rotatable bonds is 4. The number of nitrogens with zero attached hydrogens (tertiary/aromatic N) is 1. The van der Waals surface area contributed by atoms with Crippen molar-refractivity contribution < 1.29 is 4.39 Å². The van der Waals surface area contributed by atoms with Gasteiger partial charge >= 0.3 is 0 Å². The van der Waals surface area contributed by atoms with Crippen LogP contribution in [0.15, 0.2) is 24.3 Å². The third kappa shape index (κ3) is 2.78. The van der Waals surface area contributed by atoms with E-state index in [9.17, 15) is 4.39 Å². The highest BCUT2D eigenvalue weighted by molar-refractivity contribution is 5.47. The second kappa shape index (κ2) is 5.50. The van der Waals surface area contributed by atoms with Gasteiger partial charge in [0, 0.05) is 25.3 Å². The van der Waals surface area contributed by atoms with Crippen LogP contribution in [0, 0.1) is 11.7 Å². The molecule has 2 rings (SSSR count). The summed E-state index contributed by atoms with van der Waals surface area (Å²) in [4.78, 5) is 2.14. The molecule has 3 heteroatoms. The van der Waals surface area contributed by atoms with Gasteiger partial charge in [-0.2, -0.15) is 0 Å². The fourth-order valence-corrected chi connectivity index (χ4v) is 2.90. The normalized spacial score (nSPS) is 18.3. The van der Waals surface area contributed by atoms with E-state index in [0.717, 1.165) is 5.69 Å². The van der Waals surface area contributed by atoms with E-state index in [-0.39, 0.29) is 5.82 Å². The zero-order valence-corrected chi connectivity index (χ0v) is 10.4. The maximum atomic E-state index is 13.2. The summed E-state index contributed by atoms with van der Waals surface area (Å²) in [5, 5.41) is 0. The van der Waals surface area contributed by atoms with Gasteiger partial charge in [0.1, 0.15) is 5.82 Å². The van der Waals surface area contributed by atoms with E-state index in [1.807, 2.05) is 13.1 Å². The van der Waals surface area contributed by atoms with E-state index in [4.69, 9.17) is 5.73 Å². The van der Waals surface area contributed by atoms with Gasteiger partial charge in [0.2, 0.25) is 0 Å². The summed E-state index contributed by atoms with van der Waals surface area (Å²) >= 11 is 0. The predicted octanol–water partition coefficient (Wildman–Crippen LogP) is 2.78. The fourth-order valence-electron chi connectivity index (χ4n) is 2.90. The molecule has 1 unspecified atom stereocenters. The molecule has 1 aromatic carbocycles. The van der Waals surface area contributed by atoms with Gasteiger partial charge in [0.15, 0.2) is 0 Å². The van der Waals surface area contributed by atoms with Crippen molar-refractivity contribution in [1.82, 2.24) is 0 Å². The third-order valence-corrected chi connectivity index (χ3v) is 3.90. The van der Waals surface area contributed by atoms with Crippen molar-refractivity contribution in [3.8, 4) is 0 Å². The second-order valence-corrected chi connectivity index (χ2v) is 4.94. The van der Waals surface area contributed by atoms with Crippen molar-refractivity contribution in [2.24, 2.45) is 11.7 Å². The molecular weight excluding hydrogens is 215 g/mol. The Bertz CT molecular complexity index is 361. The van der Waals surface area contributed by atoms with Crippen LogP contribution in [0.1, 0.15) is 25.7 Å². The Morgan fingerprint density at radius 3 is 2.71 bits per heavy atom. The predicted molar refractivity (Wildman–Crippen MR) is 69.6 cm³/mol. The molecule has 1 fully saturated rings. The lowest BCUT2D eigenvalue weighted by molar-refractivity contribution is 0.422. The number of hydrogen-bond donors (Lipinski definition) is 1. The smallest absolute Gasteiger partial charge is 0.125 e. The minimum atomic E-state index is -0.184. The van der Waals surface area contributed by atoms with E-state index in [0.29, 0.717) is 18.5 Å². The van der Waals surface area contributed by atoms with Crippen LogP contribution in [0.2, 0.25) is 0 Å². The highest BCUT2D eigenvalue weighted by atomic mass is 19.1. The Balaban J connectivity index is 2.13. The van der Waals surface area contributed by atoms with Gasteiger partial charge < -0.3 is 10.6 Å². The molecule has 0 aromatic heterocycles. The van der Waals surface area contributed by atoms with E-state index in [1.165, 1.54) is 31.7 Å². The summed E-state index contributed by atoms with van der Waals surface area (Å²) in [6, 6.07) is 7.09. The van der Waals surface area contributed by atoms with Gasteiger partial charge in [0.05, 0.1) is 0 Å². The first-order chi connectivity index (χ1) is 8.22. The minimum Gasteiger partial charge on any atom is -0.370 e. The van der Waals surface area contributed by atoms with E-state index in [1.54, 1.807) is 12.1 Å². The van der Waals surface area contributed by atoms with Crippen LogP contribution in [-0.4, -0.2) is 19.6 Å². The van der Waals surface area contributed by atoms with Gasteiger partial charge in [-0.15, -0.1) is 0 Å². The number of halogens is 1. The molecule has 17 heavy (non-hydrogen) atoms. The quantitative estimate of drug-likeness (QED) is 0.871. The van der Waals surface area contributed by atoms with Crippen molar-refractivity contribution >= 4 is 5.69 Å². The largest absolute Gasteiger partial charge is 0.370 e. The molecule has 1 atom stereocenters. The summed E-state index contributed by atoms with van der Waals surface area (Å²) < 4.78 is 13.2. The molecule has 0 radical (unpaired) electrons. The van der Waals surface area contributed by atoms with Gasteiger partial charge in [-0.3, -0.25) is 0 Å². The first kappa shape index (κ1) is 12.4. The number of anilines is 1. The molecule has 0 spiro atoms. The van der Waals surface area contributed by atoms with Crippen LogP contribution in [0.3, 0.4) is 0 Å². The maximum absolute atomic E-state index is 13.2. The number of likely N-dealkylation sites (N-methyl/N-ethyl adjacent to an activating group) is 1. The molecule has 0 saturated heterocycles. The Morgan fingerprint density at radius 2 is 2.12 bits per heavy atom. The van der Waals surface area contributed by atoms with Crippen LogP contribution >= 0.6 is 0 Å². The van der Waals surface area contributed by atoms with Crippen molar-refractivity contribution in [2.75, 3.05) is 18.5 Å². The average Bonchev–Trinajstić information content (AvgIpc) is 2.83. The van der Waals surface area contributed by atoms with E-state index < -0.39 is 0 Å². The summed E-state index contributed by atoms with van der Waals surface area (Å²) in [7, 11) is 2.02. The molecule has 2 nitrogen and oxygen atoms in total. The standard InChI is InChI=1S/C14H21FN2/c1-17(13-8-4-7-12(15)9-13)14(10-16)11-5-2-3-6-11/h4,7-9,11,14H,2-3,5-6,10,16H2,1H3. The Morgan fingerprint density at radius 1 is 1.41 bits per heavy atom. The molecular formula is C14H21FN2. The zero-order chi connectivity index (χ0) is 12.3. The lowest BCUT2D eigenvalue weighted by Gasteiger charge is -2.33. The first-order valence-electron chi connectivity index (χ1n) is 6.41.